The maximum absolute atomic E-state index is 6.43. The lowest BCUT2D eigenvalue weighted by Gasteiger charge is -2.35. The van der Waals surface area contributed by atoms with Gasteiger partial charge >= 0.3 is 0 Å². The SMILES string of the molecule is CC1(C)CC(OCC2(N)CCCCC2)C(C)(C)O1. The molecule has 2 N–H and O–H groups in total. The van der Waals surface area contributed by atoms with Gasteiger partial charge in [-0.25, -0.2) is 0 Å². The van der Waals surface area contributed by atoms with E-state index in [1.807, 2.05) is 0 Å². The molecule has 0 aromatic heterocycles. The van der Waals surface area contributed by atoms with Crippen LogP contribution in [0.1, 0.15) is 66.2 Å². The highest BCUT2D eigenvalue weighted by Crippen LogP contribution is 2.39. The van der Waals surface area contributed by atoms with E-state index in [0.29, 0.717) is 6.61 Å². The van der Waals surface area contributed by atoms with Gasteiger partial charge in [-0.3, -0.25) is 0 Å². The van der Waals surface area contributed by atoms with Gasteiger partial charge in [0.05, 0.1) is 23.9 Å². The van der Waals surface area contributed by atoms with Gasteiger partial charge in [0.2, 0.25) is 0 Å². The number of hydrogen-bond donors (Lipinski definition) is 1. The fourth-order valence-electron chi connectivity index (χ4n) is 3.44. The predicted octanol–water partition coefficient (Wildman–Crippen LogP) is 3.01. The van der Waals surface area contributed by atoms with Gasteiger partial charge in [0.15, 0.2) is 0 Å². The molecule has 0 radical (unpaired) electrons. The molecule has 3 nitrogen and oxygen atoms in total. The van der Waals surface area contributed by atoms with E-state index in [1.54, 1.807) is 0 Å². The summed E-state index contributed by atoms with van der Waals surface area (Å²) in [6.07, 6.45) is 7.13. The summed E-state index contributed by atoms with van der Waals surface area (Å²) >= 11 is 0. The van der Waals surface area contributed by atoms with E-state index in [4.69, 9.17) is 15.2 Å². The van der Waals surface area contributed by atoms with Gasteiger partial charge in [-0.15, -0.1) is 0 Å². The van der Waals surface area contributed by atoms with Crippen molar-refractivity contribution in [2.75, 3.05) is 6.61 Å². The van der Waals surface area contributed by atoms with Crippen molar-refractivity contribution in [3.05, 3.63) is 0 Å². The van der Waals surface area contributed by atoms with E-state index >= 15 is 0 Å². The minimum Gasteiger partial charge on any atom is -0.373 e. The topological polar surface area (TPSA) is 44.5 Å². The second-order valence-corrected chi connectivity index (χ2v) is 7.39. The van der Waals surface area contributed by atoms with Gasteiger partial charge in [0, 0.05) is 12.0 Å². The van der Waals surface area contributed by atoms with Crippen LogP contribution < -0.4 is 5.73 Å². The summed E-state index contributed by atoms with van der Waals surface area (Å²) in [6, 6.07) is 0. The minimum atomic E-state index is -0.200. The van der Waals surface area contributed by atoms with E-state index in [2.05, 4.69) is 27.7 Å². The highest BCUT2D eigenvalue weighted by atomic mass is 16.6. The van der Waals surface area contributed by atoms with E-state index in [-0.39, 0.29) is 22.8 Å². The molecule has 1 aliphatic carbocycles. The maximum Gasteiger partial charge on any atom is 0.0895 e. The van der Waals surface area contributed by atoms with Gasteiger partial charge in [-0.2, -0.15) is 0 Å². The Morgan fingerprint density at radius 3 is 2.22 bits per heavy atom. The Balaban J connectivity index is 1.90. The molecular weight excluding hydrogens is 226 g/mol. The molecule has 1 aliphatic heterocycles. The molecule has 1 heterocycles. The molecule has 1 unspecified atom stereocenters. The molecule has 18 heavy (non-hydrogen) atoms. The predicted molar refractivity (Wildman–Crippen MR) is 73.6 cm³/mol. The summed E-state index contributed by atoms with van der Waals surface area (Å²) in [5.74, 6) is 0. The van der Waals surface area contributed by atoms with E-state index in [0.717, 1.165) is 19.3 Å². The van der Waals surface area contributed by atoms with Crippen LogP contribution in [0, 0.1) is 0 Å². The van der Waals surface area contributed by atoms with Crippen LogP contribution in [0.25, 0.3) is 0 Å². The molecule has 0 aromatic carbocycles. The Labute approximate surface area is 111 Å². The number of nitrogens with two attached hydrogens (primary N) is 1. The fraction of sp³-hybridized carbons (Fsp3) is 1.00. The van der Waals surface area contributed by atoms with Crippen LogP contribution in [0.3, 0.4) is 0 Å². The van der Waals surface area contributed by atoms with Crippen molar-refractivity contribution < 1.29 is 9.47 Å². The molecule has 2 aliphatic rings. The van der Waals surface area contributed by atoms with Gasteiger partial charge in [0.1, 0.15) is 0 Å². The molecule has 106 valence electrons. The summed E-state index contributed by atoms with van der Waals surface area (Å²) < 4.78 is 12.2. The lowest BCUT2D eigenvalue weighted by molar-refractivity contribution is -0.109. The smallest absolute Gasteiger partial charge is 0.0895 e. The molecule has 3 heteroatoms. The van der Waals surface area contributed by atoms with Crippen molar-refractivity contribution in [1.29, 1.82) is 0 Å². The van der Waals surface area contributed by atoms with Gasteiger partial charge < -0.3 is 15.2 Å². The maximum atomic E-state index is 6.43. The Morgan fingerprint density at radius 1 is 1.11 bits per heavy atom. The van der Waals surface area contributed by atoms with Crippen LogP contribution in [0.2, 0.25) is 0 Å². The number of ether oxygens (including phenoxy) is 2. The minimum absolute atomic E-state index is 0.0809. The van der Waals surface area contributed by atoms with E-state index < -0.39 is 0 Å². The number of hydrogen-bond acceptors (Lipinski definition) is 3. The third kappa shape index (κ3) is 3.25. The molecule has 2 fully saturated rings. The Bertz CT molecular complexity index is 293. The molecule has 1 saturated carbocycles. The van der Waals surface area contributed by atoms with Gasteiger partial charge in [-0.1, -0.05) is 19.3 Å². The summed E-state index contributed by atoms with van der Waals surface area (Å²) in [4.78, 5) is 0. The van der Waals surface area contributed by atoms with Crippen molar-refractivity contribution in [2.24, 2.45) is 5.73 Å². The summed E-state index contributed by atoms with van der Waals surface area (Å²) in [6.45, 7) is 9.20. The molecule has 0 amide bonds. The first kappa shape index (κ1) is 14.3. The van der Waals surface area contributed by atoms with Crippen molar-refractivity contribution in [3.63, 3.8) is 0 Å². The van der Waals surface area contributed by atoms with E-state index in [9.17, 15) is 0 Å². The zero-order valence-corrected chi connectivity index (χ0v) is 12.4. The van der Waals surface area contributed by atoms with E-state index in [1.165, 1.54) is 19.3 Å². The fourth-order valence-corrected chi connectivity index (χ4v) is 3.44. The monoisotopic (exact) mass is 255 g/mol. The normalized spacial score (nSPS) is 33.5. The second-order valence-electron chi connectivity index (χ2n) is 7.39. The molecule has 0 bridgehead atoms. The van der Waals surface area contributed by atoms with Gasteiger partial charge in [0.25, 0.3) is 0 Å². The molecule has 0 spiro atoms. The Hall–Kier alpha value is -0.120. The van der Waals surface area contributed by atoms with Crippen LogP contribution >= 0.6 is 0 Å². The molecule has 2 rings (SSSR count). The zero-order valence-electron chi connectivity index (χ0n) is 12.4. The quantitative estimate of drug-likeness (QED) is 0.843. The van der Waals surface area contributed by atoms with Gasteiger partial charge in [-0.05, 0) is 40.5 Å². The molecule has 1 saturated heterocycles. The third-order valence-electron chi connectivity index (χ3n) is 4.41. The number of rotatable bonds is 3. The van der Waals surface area contributed by atoms with Crippen molar-refractivity contribution >= 4 is 0 Å². The highest BCUT2D eigenvalue weighted by Gasteiger charge is 2.47. The summed E-state index contributed by atoms with van der Waals surface area (Å²) in [7, 11) is 0. The van der Waals surface area contributed by atoms with Crippen molar-refractivity contribution in [2.45, 2.75) is 89.1 Å². The summed E-state index contributed by atoms with van der Waals surface area (Å²) in [5.41, 5.74) is 6.05. The molecular formula is C15H29NO2. The first-order valence-corrected chi connectivity index (χ1v) is 7.33. The summed E-state index contributed by atoms with van der Waals surface area (Å²) in [5, 5.41) is 0. The van der Waals surface area contributed by atoms with Crippen LogP contribution in [0.15, 0.2) is 0 Å². The van der Waals surface area contributed by atoms with Crippen LogP contribution in [0.5, 0.6) is 0 Å². The van der Waals surface area contributed by atoms with Crippen LogP contribution in [-0.4, -0.2) is 29.5 Å². The Kier molecular flexibility index (Phi) is 3.79. The molecule has 1 atom stereocenters. The lowest BCUT2D eigenvalue weighted by Crippen LogP contribution is -2.48. The zero-order chi connectivity index (χ0) is 13.4. The van der Waals surface area contributed by atoms with Crippen LogP contribution in [-0.2, 0) is 9.47 Å². The lowest BCUT2D eigenvalue weighted by atomic mass is 9.83. The largest absolute Gasteiger partial charge is 0.373 e. The average Bonchev–Trinajstić information content (AvgIpc) is 2.45. The van der Waals surface area contributed by atoms with Crippen LogP contribution in [0.4, 0.5) is 0 Å². The first-order chi connectivity index (χ1) is 8.23. The molecule has 0 aromatic rings. The first-order valence-electron chi connectivity index (χ1n) is 7.33. The Morgan fingerprint density at radius 2 is 1.72 bits per heavy atom. The van der Waals surface area contributed by atoms with Crippen molar-refractivity contribution in [3.8, 4) is 0 Å². The standard InChI is InChI=1S/C15H29NO2/c1-13(2)10-12(14(3,4)18-13)17-11-15(16)8-6-5-7-9-15/h12H,5-11,16H2,1-4H3. The second kappa shape index (κ2) is 4.77. The third-order valence-corrected chi connectivity index (χ3v) is 4.41. The average molecular weight is 255 g/mol. The van der Waals surface area contributed by atoms with Crippen molar-refractivity contribution in [1.82, 2.24) is 0 Å². The highest BCUT2D eigenvalue weighted by molar-refractivity contribution is 4.97.